The van der Waals surface area contributed by atoms with Gasteiger partial charge in [-0.25, -0.2) is 0 Å². The van der Waals surface area contributed by atoms with E-state index in [9.17, 15) is 29.3 Å². The Bertz CT molecular complexity index is 958. The van der Waals surface area contributed by atoms with Crippen LogP contribution in [0.4, 0.5) is 11.4 Å². The first-order valence-electron chi connectivity index (χ1n) is 15.4. The minimum atomic E-state index is -0.485. The van der Waals surface area contributed by atoms with Crippen molar-refractivity contribution < 1.29 is 24.1 Å². The van der Waals surface area contributed by atoms with Crippen molar-refractivity contribution in [2.24, 2.45) is 0 Å². The molecule has 0 radical (unpaired) electrons. The molecule has 0 spiro atoms. The lowest BCUT2D eigenvalue weighted by molar-refractivity contribution is -0.384. The van der Waals surface area contributed by atoms with Gasteiger partial charge in [0.1, 0.15) is 0 Å². The van der Waals surface area contributed by atoms with Crippen LogP contribution in [0.2, 0.25) is 0 Å². The highest BCUT2D eigenvalue weighted by Gasteiger charge is 2.07. The smallest absolute Gasteiger partial charge is 0.271 e. The predicted molar refractivity (Wildman–Crippen MR) is 164 cm³/mol. The van der Waals surface area contributed by atoms with Crippen molar-refractivity contribution in [1.29, 1.82) is 0 Å². The third-order valence-electron chi connectivity index (χ3n) is 6.57. The van der Waals surface area contributed by atoms with Gasteiger partial charge < -0.3 is 26.6 Å². The molecule has 1 aromatic carbocycles. The Balaban J connectivity index is 1.89. The number of carbonyl (C=O) groups is 4. The van der Waals surface area contributed by atoms with Gasteiger partial charge in [0.2, 0.25) is 23.6 Å². The van der Waals surface area contributed by atoms with Gasteiger partial charge in [-0.05, 0) is 51.0 Å². The summed E-state index contributed by atoms with van der Waals surface area (Å²) >= 11 is 0. The van der Waals surface area contributed by atoms with E-state index in [1.54, 1.807) is 12.1 Å². The maximum absolute atomic E-state index is 12.0. The summed E-state index contributed by atoms with van der Waals surface area (Å²) < 4.78 is 0. The van der Waals surface area contributed by atoms with Gasteiger partial charge in [0, 0.05) is 63.3 Å². The number of benzene rings is 1. The Hall–Kier alpha value is -3.70. The average Bonchev–Trinajstić information content (AvgIpc) is 2.97. The predicted octanol–water partition coefficient (Wildman–Crippen LogP) is 3.95. The van der Waals surface area contributed by atoms with Crippen molar-refractivity contribution in [2.45, 2.75) is 96.8 Å². The number of rotatable bonds is 25. The molecule has 12 heteroatoms. The van der Waals surface area contributed by atoms with E-state index in [1.807, 2.05) is 0 Å². The summed E-state index contributed by atoms with van der Waals surface area (Å²) in [5.74, 6) is -0.0365. The Labute approximate surface area is 249 Å². The number of nitrogens with one attached hydrogen (secondary N) is 5. The van der Waals surface area contributed by atoms with Gasteiger partial charge >= 0.3 is 0 Å². The Morgan fingerprint density at radius 3 is 1.55 bits per heavy atom. The molecule has 0 aliphatic heterocycles. The van der Waals surface area contributed by atoms with Gasteiger partial charge in [0.15, 0.2) is 0 Å². The fourth-order valence-electron chi connectivity index (χ4n) is 4.09. The van der Waals surface area contributed by atoms with Gasteiger partial charge in [-0.15, -0.1) is 0 Å². The number of amides is 4. The van der Waals surface area contributed by atoms with Crippen molar-refractivity contribution >= 4 is 35.0 Å². The highest BCUT2D eigenvalue weighted by Crippen LogP contribution is 2.16. The number of non-ortho nitro benzene ring substituents is 1. The van der Waals surface area contributed by atoms with Gasteiger partial charge in [-0.1, -0.05) is 38.7 Å². The van der Waals surface area contributed by atoms with Crippen LogP contribution in [0.1, 0.15) is 96.8 Å². The van der Waals surface area contributed by atoms with Crippen molar-refractivity contribution in [3.63, 3.8) is 0 Å². The van der Waals surface area contributed by atoms with E-state index < -0.39 is 4.92 Å². The van der Waals surface area contributed by atoms with Crippen LogP contribution in [-0.2, 0) is 19.2 Å². The molecule has 0 heterocycles. The van der Waals surface area contributed by atoms with Crippen LogP contribution in [0, 0.1) is 10.1 Å². The second kappa shape index (κ2) is 24.0. The molecular formula is C30H50N6O6. The Kier molecular flexibility index (Phi) is 20.7. The second-order valence-corrected chi connectivity index (χ2v) is 10.3. The SMILES string of the molecule is CCCCNC(=O)CCCCCNC(=O)CCCCCNC(=O)CCCCCNC(=O)CNc1cccc([N+](=O)[O-])c1. The monoisotopic (exact) mass is 590 g/mol. The number of nitro groups is 1. The fourth-order valence-corrected chi connectivity index (χ4v) is 4.09. The number of hydrogen-bond donors (Lipinski definition) is 5. The Morgan fingerprint density at radius 2 is 1.10 bits per heavy atom. The Morgan fingerprint density at radius 1 is 0.643 bits per heavy atom. The van der Waals surface area contributed by atoms with E-state index in [2.05, 4.69) is 33.5 Å². The molecule has 0 bridgehead atoms. The lowest BCUT2D eigenvalue weighted by Gasteiger charge is -2.08. The maximum atomic E-state index is 12.0. The molecule has 4 amide bonds. The minimum Gasteiger partial charge on any atom is -0.376 e. The van der Waals surface area contributed by atoms with Crippen LogP contribution >= 0.6 is 0 Å². The molecule has 0 fully saturated rings. The van der Waals surface area contributed by atoms with Crippen molar-refractivity contribution in [3.8, 4) is 0 Å². The van der Waals surface area contributed by atoms with E-state index in [0.717, 1.165) is 77.2 Å². The third-order valence-corrected chi connectivity index (χ3v) is 6.57. The molecule has 12 nitrogen and oxygen atoms in total. The van der Waals surface area contributed by atoms with Crippen LogP contribution in [0.15, 0.2) is 24.3 Å². The number of anilines is 1. The first kappa shape index (κ1) is 36.3. The topological polar surface area (TPSA) is 172 Å². The van der Waals surface area contributed by atoms with Crippen molar-refractivity contribution in [3.05, 3.63) is 34.4 Å². The molecular weight excluding hydrogens is 540 g/mol. The van der Waals surface area contributed by atoms with Crippen LogP contribution in [0.25, 0.3) is 0 Å². The van der Waals surface area contributed by atoms with E-state index in [1.165, 1.54) is 12.1 Å². The molecule has 1 rings (SSSR count). The minimum absolute atomic E-state index is 0.0105. The summed E-state index contributed by atoms with van der Waals surface area (Å²) in [6.07, 6.45) is 11.0. The van der Waals surface area contributed by atoms with E-state index in [-0.39, 0.29) is 35.9 Å². The van der Waals surface area contributed by atoms with E-state index in [4.69, 9.17) is 0 Å². The van der Waals surface area contributed by atoms with Crippen LogP contribution in [0.5, 0.6) is 0 Å². The molecule has 1 aromatic rings. The lowest BCUT2D eigenvalue weighted by atomic mass is 10.1. The highest BCUT2D eigenvalue weighted by atomic mass is 16.6. The zero-order chi connectivity index (χ0) is 30.8. The molecule has 0 atom stereocenters. The lowest BCUT2D eigenvalue weighted by Crippen LogP contribution is -2.30. The average molecular weight is 591 g/mol. The van der Waals surface area contributed by atoms with Crippen LogP contribution in [0.3, 0.4) is 0 Å². The quantitative estimate of drug-likeness (QED) is 0.0651. The van der Waals surface area contributed by atoms with Gasteiger partial charge in [-0.2, -0.15) is 0 Å². The first-order valence-corrected chi connectivity index (χ1v) is 15.4. The maximum Gasteiger partial charge on any atom is 0.271 e. The summed E-state index contributed by atoms with van der Waals surface area (Å²) in [6, 6.07) is 5.99. The zero-order valence-corrected chi connectivity index (χ0v) is 25.1. The number of hydrogen-bond acceptors (Lipinski definition) is 7. The van der Waals surface area contributed by atoms with Crippen LogP contribution < -0.4 is 26.6 Å². The molecule has 0 aromatic heterocycles. The van der Waals surface area contributed by atoms with Gasteiger partial charge in [0.05, 0.1) is 11.5 Å². The number of carbonyl (C=O) groups excluding carboxylic acids is 4. The fraction of sp³-hybridized carbons (Fsp3) is 0.667. The number of nitrogens with zero attached hydrogens (tertiary/aromatic N) is 1. The largest absolute Gasteiger partial charge is 0.376 e. The summed E-state index contributed by atoms with van der Waals surface area (Å²) in [5, 5.41) is 25.2. The summed E-state index contributed by atoms with van der Waals surface area (Å²) in [5.41, 5.74) is 0.472. The first-order chi connectivity index (χ1) is 20.3. The number of unbranched alkanes of at least 4 members (excludes halogenated alkanes) is 7. The molecule has 0 aliphatic rings. The third kappa shape index (κ3) is 20.2. The zero-order valence-electron chi connectivity index (χ0n) is 25.1. The molecule has 0 unspecified atom stereocenters. The van der Waals surface area contributed by atoms with E-state index >= 15 is 0 Å². The molecule has 0 saturated heterocycles. The second-order valence-electron chi connectivity index (χ2n) is 10.3. The van der Waals surface area contributed by atoms with Crippen LogP contribution in [-0.4, -0.2) is 61.3 Å². The van der Waals surface area contributed by atoms with Crippen molar-refractivity contribution in [1.82, 2.24) is 21.3 Å². The molecule has 236 valence electrons. The number of nitro benzene ring substituents is 1. The van der Waals surface area contributed by atoms with Gasteiger partial charge in [0.25, 0.3) is 5.69 Å². The molecule has 0 aliphatic carbocycles. The summed E-state index contributed by atoms with van der Waals surface area (Å²) in [4.78, 5) is 57.8. The molecule has 5 N–H and O–H groups in total. The summed E-state index contributed by atoms with van der Waals surface area (Å²) in [7, 11) is 0. The van der Waals surface area contributed by atoms with Crippen molar-refractivity contribution in [2.75, 3.05) is 38.0 Å². The standard InChI is InChI=1S/C30H50N6O6/c1-2-3-19-31-27(37)16-7-4-10-20-32-28(38)17-8-5-11-21-33-29(39)18-9-6-12-22-34-30(40)24-35-25-14-13-15-26(23-25)36(41)42/h13-15,23,35H,2-12,16-22,24H2,1H3,(H,31,37)(H,32,38)(H,33,39)(H,34,40). The van der Waals surface area contributed by atoms with Gasteiger partial charge in [-0.3, -0.25) is 29.3 Å². The summed E-state index contributed by atoms with van der Waals surface area (Å²) in [6.45, 7) is 4.60. The molecule has 0 saturated carbocycles. The van der Waals surface area contributed by atoms with E-state index in [0.29, 0.717) is 44.6 Å². The normalized spacial score (nSPS) is 10.5. The molecule has 42 heavy (non-hydrogen) atoms. The highest BCUT2D eigenvalue weighted by molar-refractivity contribution is 5.80.